The molecule has 2 atom stereocenters. The smallest absolute Gasteiger partial charge is 0.220 e. The molecular weight excluding hydrogens is 735 g/mol. The molecule has 0 aliphatic carbocycles. The van der Waals surface area contributed by atoms with Crippen molar-refractivity contribution in [2.45, 2.75) is 244 Å². The van der Waals surface area contributed by atoms with Gasteiger partial charge in [0.05, 0.1) is 18.8 Å². The van der Waals surface area contributed by atoms with E-state index in [4.69, 9.17) is 0 Å². The van der Waals surface area contributed by atoms with Gasteiger partial charge in [0.2, 0.25) is 5.91 Å². The van der Waals surface area contributed by atoms with Crippen molar-refractivity contribution in [2.24, 2.45) is 0 Å². The van der Waals surface area contributed by atoms with Crippen LogP contribution >= 0.6 is 0 Å². The first-order valence-corrected chi connectivity index (χ1v) is 25.4. The summed E-state index contributed by atoms with van der Waals surface area (Å²) < 4.78 is 0. The van der Waals surface area contributed by atoms with Crippen LogP contribution in [0.4, 0.5) is 0 Å². The molecule has 4 heteroatoms. The van der Waals surface area contributed by atoms with Crippen LogP contribution in [0.15, 0.2) is 97.2 Å². The Balaban J connectivity index is 3.54. The molecule has 1 amide bonds. The van der Waals surface area contributed by atoms with Gasteiger partial charge in [0, 0.05) is 6.42 Å². The fourth-order valence-corrected chi connectivity index (χ4v) is 7.26. The Bertz CT molecular complexity index is 1130. The van der Waals surface area contributed by atoms with E-state index in [0.717, 1.165) is 77.0 Å². The molecule has 0 aromatic heterocycles. The summed E-state index contributed by atoms with van der Waals surface area (Å²) >= 11 is 0. The first-order valence-electron chi connectivity index (χ1n) is 25.4. The Hall–Kier alpha value is -2.69. The Kier molecular flexibility index (Phi) is 48.4. The molecular formula is C56H97NO3. The van der Waals surface area contributed by atoms with Crippen LogP contribution in [0.3, 0.4) is 0 Å². The maximum Gasteiger partial charge on any atom is 0.220 e. The quantitative estimate of drug-likeness (QED) is 0.0423. The predicted molar refractivity (Wildman–Crippen MR) is 266 cm³/mol. The number of aliphatic hydroxyl groups is 2. The zero-order valence-corrected chi connectivity index (χ0v) is 39.4. The van der Waals surface area contributed by atoms with Crippen molar-refractivity contribution in [1.29, 1.82) is 0 Å². The van der Waals surface area contributed by atoms with Crippen molar-refractivity contribution in [3.63, 3.8) is 0 Å². The summed E-state index contributed by atoms with van der Waals surface area (Å²) in [5.74, 6) is -0.0383. The minimum Gasteiger partial charge on any atom is -0.394 e. The number of unbranched alkanes of at least 4 members (excludes halogenated alkanes) is 22. The van der Waals surface area contributed by atoms with E-state index in [0.29, 0.717) is 12.8 Å². The van der Waals surface area contributed by atoms with E-state index in [-0.39, 0.29) is 12.5 Å². The SMILES string of the molecule is CC/C=C\C/C=C\C/C=C\C/C=C\C/C=C\C/C=C\C/C=C\C/C=C\CCCCCCCCCCCCCCC(=O)NC(CO)C(O)CCCCCCCCCCCCC. The maximum absolute atomic E-state index is 12.4. The molecule has 0 spiro atoms. The monoisotopic (exact) mass is 832 g/mol. The van der Waals surface area contributed by atoms with Crippen molar-refractivity contribution >= 4 is 5.91 Å². The molecule has 0 fully saturated rings. The van der Waals surface area contributed by atoms with Crippen LogP contribution < -0.4 is 5.32 Å². The number of carbonyl (C=O) groups is 1. The molecule has 344 valence electrons. The molecule has 0 aromatic rings. The van der Waals surface area contributed by atoms with Gasteiger partial charge >= 0.3 is 0 Å². The fourth-order valence-electron chi connectivity index (χ4n) is 7.26. The van der Waals surface area contributed by atoms with E-state index in [1.165, 1.54) is 128 Å². The molecule has 0 saturated carbocycles. The molecule has 4 nitrogen and oxygen atoms in total. The highest BCUT2D eigenvalue weighted by Gasteiger charge is 2.20. The second kappa shape index (κ2) is 50.7. The minimum absolute atomic E-state index is 0.0383. The maximum atomic E-state index is 12.4. The number of hydrogen-bond donors (Lipinski definition) is 3. The van der Waals surface area contributed by atoms with E-state index in [9.17, 15) is 15.0 Å². The molecule has 0 aliphatic heterocycles. The average molecular weight is 832 g/mol. The highest BCUT2D eigenvalue weighted by molar-refractivity contribution is 5.76. The third kappa shape index (κ3) is 46.4. The highest BCUT2D eigenvalue weighted by Crippen LogP contribution is 2.15. The third-order valence-corrected chi connectivity index (χ3v) is 11.1. The molecule has 0 bridgehead atoms. The lowest BCUT2D eigenvalue weighted by molar-refractivity contribution is -0.123. The van der Waals surface area contributed by atoms with Crippen molar-refractivity contribution in [1.82, 2.24) is 5.32 Å². The van der Waals surface area contributed by atoms with Gasteiger partial charge in [-0.3, -0.25) is 4.79 Å². The molecule has 0 saturated heterocycles. The molecule has 2 unspecified atom stereocenters. The average Bonchev–Trinajstić information content (AvgIpc) is 3.25. The Morgan fingerprint density at radius 1 is 0.417 bits per heavy atom. The van der Waals surface area contributed by atoms with Gasteiger partial charge in [-0.25, -0.2) is 0 Å². The number of carbonyl (C=O) groups excluding carboxylic acids is 1. The summed E-state index contributed by atoms with van der Waals surface area (Å²) in [7, 11) is 0. The lowest BCUT2D eigenvalue weighted by atomic mass is 10.0. The fraction of sp³-hybridized carbons (Fsp3) is 0.696. The molecule has 0 rings (SSSR count). The zero-order valence-electron chi connectivity index (χ0n) is 39.4. The van der Waals surface area contributed by atoms with Crippen LogP contribution in [-0.2, 0) is 4.79 Å². The Morgan fingerprint density at radius 3 is 1.10 bits per heavy atom. The van der Waals surface area contributed by atoms with Gasteiger partial charge in [-0.2, -0.15) is 0 Å². The van der Waals surface area contributed by atoms with Crippen LogP contribution in [0.2, 0.25) is 0 Å². The van der Waals surface area contributed by atoms with Gasteiger partial charge in [-0.1, -0.05) is 246 Å². The Labute approximate surface area is 373 Å². The normalized spacial score (nSPS) is 13.7. The number of aliphatic hydroxyl groups excluding tert-OH is 2. The highest BCUT2D eigenvalue weighted by atomic mass is 16.3. The van der Waals surface area contributed by atoms with E-state index in [1.807, 2.05) is 0 Å². The van der Waals surface area contributed by atoms with E-state index in [1.54, 1.807) is 0 Å². The molecule has 0 aromatic carbocycles. The van der Waals surface area contributed by atoms with Gasteiger partial charge < -0.3 is 15.5 Å². The molecule has 0 radical (unpaired) electrons. The number of amides is 1. The molecule has 60 heavy (non-hydrogen) atoms. The molecule has 0 aliphatic rings. The minimum atomic E-state index is -0.663. The van der Waals surface area contributed by atoms with Crippen LogP contribution in [0.25, 0.3) is 0 Å². The topological polar surface area (TPSA) is 69.6 Å². The summed E-state index contributed by atoms with van der Waals surface area (Å²) in [5.41, 5.74) is 0. The second-order valence-electron chi connectivity index (χ2n) is 16.9. The zero-order chi connectivity index (χ0) is 43.5. The van der Waals surface area contributed by atoms with Gasteiger partial charge in [-0.05, 0) is 77.0 Å². The van der Waals surface area contributed by atoms with Crippen LogP contribution in [0.5, 0.6) is 0 Å². The standard InChI is InChI=1S/C56H97NO3/c1-3-5-7-9-11-13-15-16-17-18-19-20-21-22-23-24-25-26-27-28-29-30-31-32-33-34-35-36-37-38-39-40-42-44-46-48-50-52-56(60)57-54(53-58)55(59)51-49-47-45-43-41-14-12-10-8-6-4-2/h5,7,11,13,16-17,19-20,22-23,25-26,28-29,31-32,54-55,58-59H,3-4,6,8-10,12,14-15,18,21,24,27,30,33-53H2,1-2H3,(H,57,60)/b7-5-,13-11-,17-16-,20-19-,23-22-,26-25-,29-28-,32-31-. The second-order valence-corrected chi connectivity index (χ2v) is 16.9. The number of allylic oxidation sites excluding steroid dienone is 16. The first kappa shape index (κ1) is 57.3. The van der Waals surface area contributed by atoms with Crippen molar-refractivity contribution in [3.8, 4) is 0 Å². The Morgan fingerprint density at radius 2 is 0.733 bits per heavy atom. The first-order chi connectivity index (χ1) is 29.7. The van der Waals surface area contributed by atoms with Gasteiger partial charge in [-0.15, -0.1) is 0 Å². The van der Waals surface area contributed by atoms with Gasteiger partial charge in [0.25, 0.3) is 0 Å². The summed E-state index contributed by atoms with van der Waals surface area (Å²) in [5, 5.41) is 23.1. The summed E-state index contributed by atoms with van der Waals surface area (Å²) in [6.07, 6.45) is 75.1. The molecule has 0 heterocycles. The van der Waals surface area contributed by atoms with Gasteiger partial charge in [0.15, 0.2) is 0 Å². The van der Waals surface area contributed by atoms with Crippen LogP contribution in [-0.4, -0.2) is 34.9 Å². The lowest BCUT2D eigenvalue weighted by Gasteiger charge is -2.22. The van der Waals surface area contributed by atoms with E-state index in [2.05, 4.69) is 116 Å². The van der Waals surface area contributed by atoms with Crippen LogP contribution in [0.1, 0.15) is 232 Å². The summed E-state index contributed by atoms with van der Waals surface area (Å²) in [6.45, 7) is 4.23. The number of hydrogen-bond acceptors (Lipinski definition) is 3. The van der Waals surface area contributed by atoms with Crippen molar-refractivity contribution in [2.75, 3.05) is 6.61 Å². The summed E-state index contributed by atoms with van der Waals surface area (Å²) in [6, 6.07) is -0.541. The largest absolute Gasteiger partial charge is 0.394 e. The summed E-state index contributed by atoms with van der Waals surface area (Å²) in [4.78, 5) is 12.4. The van der Waals surface area contributed by atoms with E-state index >= 15 is 0 Å². The van der Waals surface area contributed by atoms with Crippen molar-refractivity contribution < 1.29 is 15.0 Å². The predicted octanol–water partition coefficient (Wildman–Crippen LogP) is 16.6. The van der Waals surface area contributed by atoms with Crippen LogP contribution in [0, 0.1) is 0 Å². The van der Waals surface area contributed by atoms with Crippen molar-refractivity contribution in [3.05, 3.63) is 97.2 Å². The third-order valence-electron chi connectivity index (χ3n) is 11.1. The van der Waals surface area contributed by atoms with Gasteiger partial charge in [0.1, 0.15) is 0 Å². The number of rotatable bonds is 45. The molecule has 3 N–H and O–H groups in total. The van der Waals surface area contributed by atoms with E-state index < -0.39 is 12.1 Å². The number of nitrogens with one attached hydrogen (secondary N) is 1. The lowest BCUT2D eigenvalue weighted by Crippen LogP contribution is -2.45.